The Bertz CT molecular complexity index is 815. The zero-order chi connectivity index (χ0) is 17.2. The molecule has 4 nitrogen and oxygen atoms in total. The highest BCUT2D eigenvalue weighted by molar-refractivity contribution is 7.89. The van der Waals surface area contributed by atoms with Gasteiger partial charge in [0.2, 0.25) is 10.0 Å². The summed E-state index contributed by atoms with van der Waals surface area (Å²) < 4.78 is 27.0. The number of benzene rings is 2. The number of nitrogens with zero attached hydrogens (tertiary/aromatic N) is 2. The van der Waals surface area contributed by atoms with Gasteiger partial charge in [0.15, 0.2) is 0 Å². The first-order valence-electron chi connectivity index (χ1n) is 7.99. The standard InChI is InChI=1S/C18H21ClN2O2S/c1-15-5-2-3-6-16(15)14-20-9-11-21(12-10-20)24(22,23)18-8-4-7-17(19)13-18/h2-8,13H,9-12,14H2,1H3. The van der Waals surface area contributed by atoms with Gasteiger partial charge in [-0.25, -0.2) is 8.42 Å². The molecule has 1 aliphatic heterocycles. The minimum absolute atomic E-state index is 0.266. The monoisotopic (exact) mass is 364 g/mol. The van der Waals surface area contributed by atoms with Crippen LogP contribution in [0, 0.1) is 6.92 Å². The normalized spacial score (nSPS) is 17.1. The highest BCUT2D eigenvalue weighted by Gasteiger charge is 2.28. The molecular weight excluding hydrogens is 344 g/mol. The third kappa shape index (κ3) is 3.81. The summed E-state index contributed by atoms with van der Waals surface area (Å²) in [5.74, 6) is 0. The van der Waals surface area contributed by atoms with Crippen LogP contribution >= 0.6 is 11.6 Å². The molecule has 3 rings (SSSR count). The fourth-order valence-electron chi connectivity index (χ4n) is 2.93. The summed E-state index contributed by atoms with van der Waals surface area (Å²) >= 11 is 5.93. The van der Waals surface area contributed by atoms with Gasteiger partial charge in [0, 0.05) is 37.7 Å². The molecule has 0 amide bonds. The summed E-state index contributed by atoms with van der Waals surface area (Å²) in [6.07, 6.45) is 0. The zero-order valence-electron chi connectivity index (χ0n) is 13.7. The second kappa shape index (κ2) is 7.23. The average molecular weight is 365 g/mol. The van der Waals surface area contributed by atoms with Crippen molar-refractivity contribution in [3.05, 3.63) is 64.7 Å². The molecule has 0 spiro atoms. The molecule has 2 aromatic carbocycles. The van der Waals surface area contributed by atoms with E-state index in [-0.39, 0.29) is 4.90 Å². The highest BCUT2D eigenvalue weighted by atomic mass is 35.5. The molecule has 0 atom stereocenters. The van der Waals surface area contributed by atoms with E-state index in [1.54, 1.807) is 22.5 Å². The van der Waals surface area contributed by atoms with Crippen molar-refractivity contribution in [3.63, 3.8) is 0 Å². The summed E-state index contributed by atoms with van der Waals surface area (Å²) in [5, 5.41) is 0.439. The molecule has 0 aliphatic carbocycles. The van der Waals surface area contributed by atoms with Crippen LogP contribution in [0.3, 0.4) is 0 Å². The minimum Gasteiger partial charge on any atom is -0.296 e. The van der Waals surface area contributed by atoms with Crippen LogP contribution in [0.4, 0.5) is 0 Å². The van der Waals surface area contributed by atoms with Crippen molar-refractivity contribution < 1.29 is 8.42 Å². The quantitative estimate of drug-likeness (QED) is 0.836. The van der Waals surface area contributed by atoms with Gasteiger partial charge in [-0.1, -0.05) is 41.9 Å². The molecule has 1 heterocycles. The van der Waals surface area contributed by atoms with Crippen molar-refractivity contribution >= 4 is 21.6 Å². The molecule has 0 N–H and O–H groups in total. The molecule has 1 fully saturated rings. The summed E-state index contributed by atoms with van der Waals surface area (Å²) in [6.45, 7) is 5.43. The van der Waals surface area contributed by atoms with E-state index in [1.165, 1.54) is 17.2 Å². The predicted octanol–water partition coefficient (Wildman–Crippen LogP) is 3.15. The first-order valence-corrected chi connectivity index (χ1v) is 9.81. The molecule has 2 aromatic rings. The summed E-state index contributed by atoms with van der Waals surface area (Å²) in [4.78, 5) is 2.56. The number of aryl methyl sites for hydroxylation is 1. The maximum Gasteiger partial charge on any atom is 0.243 e. The molecule has 24 heavy (non-hydrogen) atoms. The molecule has 1 saturated heterocycles. The van der Waals surface area contributed by atoms with E-state index >= 15 is 0 Å². The lowest BCUT2D eigenvalue weighted by molar-refractivity contribution is 0.181. The van der Waals surface area contributed by atoms with Crippen LogP contribution in [-0.4, -0.2) is 43.8 Å². The zero-order valence-corrected chi connectivity index (χ0v) is 15.2. The highest BCUT2D eigenvalue weighted by Crippen LogP contribution is 2.21. The van der Waals surface area contributed by atoms with Crippen molar-refractivity contribution in [3.8, 4) is 0 Å². The summed E-state index contributed by atoms with van der Waals surface area (Å²) in [6, 6.07) is 14.8. The Kier molecular flexibility index (Phi) is 5.25. The van der Waals surface area contributed by atoms with Crippen LogP contribution in [0.25, 0.3) is 0 Å². The van der Waals surface area contributed by atoms with Gasteiger partial charge in [0.1, 0.15) is 0 Å². The van der Waals surface area contributed by atoms with Crippen LogP contribution in [0.5, 0.6) is 0 Å². The Hall–Kier alpha value is -1.40. The minimum atomic E-state index is -3.47. The number of sulfonamides is 1. The SMILES string of the molecule is Cc1ccccc1CN1CCN(S(=O)(=O)c2cccc(Cl)c2)CC1. The van der Waals surface area contributed by atoms with Crippen LogP contribution in [-0.2, 0) is 16.6 Å². The van der Waals surface area contributed by atoms with Gasteiger partial charge >= 0.3 is 0 Å². The van der Waals surface area contributed by atoms with Crippen LogP contribution in [0.15, 0.2) is 53.4 Å². The molecular formula is C18H21ClN2O2S. The predicted molar refractivity (Wildman–Crippen MR) is 96.7 cm³/mol. The smallest absolute Gasteiger partial charge is 0.243 e. The third-order valence-electron chi connectivity index (χ3n) is 4.42. The Balaban J connectivity index is 1.65. The van der Waals surface area contributed by atoms with Gasteiger partial charge in [-0.3, -0.25) is 4.90 Å². The molecule has 0 bridgehead atoms. The Morgan fingerprint density at radius 2 is 1.71 bits per heavy atom. The van der Waals surface area contributed by atoms with Crippen molar-refractivity contribution in [1.82, 2.24) is 9.21 Å². The molecule has 0 unspecified atom stereocenters. The van der Waals surface area contributed by atoms with Gasteiger partial charge in [0.05, 0.1) is 4.90 Å². The van der Waals surface area contributed by atoms with E-state index in [0.29, 0.717) is 18.1 Å². The van der Waals surface area contributed by atoms with Crippen LogP contribution < -0.4 is 0 Å². The first-order chi connectivity index (χ1) is 11.5. The van der Waals surface area contributed by atoms with Gasteiger partial charge in [0.25, 0.3) is 0 Å². The van der Waals surface area contributed by atoms with Gasteiger partial charge < -0.3 is 0 Å². The number of hydrogen-bond donors (Lipinski definition) is 0. The summed E-state index contributed by atoms with van der Waals surface area (Å²) in [7, 11) is -3.47. The maximum atomic E-state index is 12.7. The Labute approximate surface area is 148 Å². The van der Waals surface area contributed by atoms with E-state index in [4.69, 9.17) is 11.6 Å². The van der Waals surface area contributed by atoms with E-state index in [2.05, 4.69) is 24.0 Å². The number of hydrogen-bond acceptors (Lipinski definition) is 3. The van der Waals surface area contributed by atoms with Gasteiger partial charge in [-0.2, -0.15) is 4.31 Å². The van der Waals surface area contributed by atoms with E-state index in [9.17, 15) is 8.42 Å². The van der Waals surface area contributed by atoms with Crippen molar-refractivity contribution in [2.24, 2.45) is 0 Å². The molecule has 6 heteroatoms. The number of halogens is 1. The molecule has 1 aliphatic rings. The fraction of sp³-hybridized carbons (Fsp3) is 0.333. The van der Waals surface area contributed by atoms with Crippen molar-refractivity contribution in [1.29, 1.82) is 0 Å². The first kappa shape index (κ1) is 17.4. The van der Waals surface area contributed by atoms with Gasteiger partial charge in [-0.15, -0.1) is 0 Å². The van der Waals surface area contributed by atoms with Gasteiger partial charge in [-0.05, 0) is 36.2 Å². The van der Waals surface area contributed by atoms with Crippen molar-refractivity contribution in [2.75, 3.05) is 26.2 Å². The summed E-state index contributed by atoms with van der Waals surface area (Å²) in [5.41, 5.74) is 2.56. The Morgan fingerprint density at radius 1 is 1.00 bits per heavy atom. The lowest BCUT2D eigenvalue weighted by Crippen LogP contribution is -2.48. The largest absolute Gasteiger partial charge is 0.296 e. The molecule has 0 aromatic heterocycles. The third-order valence-corrected chi connectivity index (χ3v) is 6.55. The average Bonchev–Trinajstić information content (AvgIpc) is 2.57. The van der Waals surface area contributed by atoms with E-state index in [0.717, 1.165) is 19.6 Å². The lowest BCUT2D eigenvalue weighted by atomic mass is 10.1. The van der Waals surface area contributed by atoms with Crippen molar-refractivity contribution in [2.45, 2.75) is 18.4 Å². The maximum absolute atomic E-state index is 12.7. The second-order valence-corrected chi connectivity index (χ2v) is 8.44. The van der Waals surface area contributed by atoms with E-state index < -0.39 is 10.0 Å². The Morgan fingerprint density at radius 3 is 2.38 bits per heavy atom. The number of piperazine rings is 1. The molecule has 128 valence electrons. The molecule has 0 saturated carbocycles. The van der Waals surface area contributed by atoms with E-state index in [1.807, 2.05) is 12.1 Å². The van der Waals surface area contributed by atoms with Crippen LogP contribution in [0.2, 0.25) is 5.02 Å². The number of rotatable bonds is 4. The topological polar surface area (TPSA) is 40.6 Å². The van der Waals surface area contributed by atoms with Crippen LogP contribution in [0.1, 0.15) is 11.1 Å². The second-order valence-electron chi connectivity index (χ2n) is 6.06. The fourth-order valence-corrected chi connectivity index (χ4v) is 4.66. The molecule has 0 radical (unpaired) electrons. The lowest BCUT2D eigenvalue weighted by Gasteiger charge is -2.34.